The number of carbonyl (C=O) groups is 1. The predicted molar refractivity (Wildman–Crippen MR) is 89.2 cm³/mol. The van der Waals surface area contributed by atoms with Crippen LogP contribution in [0.1, 0.15) is 41.2 Å². The van der Waals surface area contributed by atoms with Gasteiger partial charge in [0.15, 0.2) is 5.78 Å². The van der Waals surface area contributed by atoms with Gasteiger partial charge in [0.05, 0.1) is 22.8 Å². The zero-order chi connectivity index (χ0) is 15.6. The molecule has 0 saturated heterocycles. The van der Waals surface area contributed by atoms with Crippen LogP contribution in [0, 0.1) is 6.92 Å². The summed E-state index contributed by atoms with van der Waals surface area (Å²) in [7, 11) is 0. The molecule has 0 unspecified atom stereocenters. The third-order valence-corrected chi connectivity index (χ3v) is 4.28. The number of nitrogens with zero attached hydrogens (tertiary/aromatic N) is 2. The van der Waals surface area contributed by atoms with Gasteiger partial charge in [0.25, 0.3) is 0 Å². The molecule has 0 aliphatic carbocycles. The Morgan fingerprint density at radius 3 is 2.62 bits per heavy atom. The van der Waals surface area contributed by atoms with Crippen LogP contribution in [0.15, 0.2) is 22.7 Å². The molecule has 0 N–H and O–H groups in total. The molecular weight excluding hydrogens is 352 g/mol. The standard InChI is InChI=1S/C16H18BrClN2O/c1-4-13-16(18)14(20(5-2)19-13)9-15(21)11-6-10(3)7-12(17)8-11/h6-8H,4-5,9H2,1-3H3. The fourth-order valence-corrected chi connectivity index (χ4v) is 3.28. The molecule has 0 atom stereocenters. The Kier molecular flexibility index (Phi) is 5.22. The van der Waals surface area contributed by atoms with E-state index in [-0.39, 0.29) is 12.2 Å². The van der Waals surface area contributed by atoms with Crippen LogP contribution in [0.3, 0.4) is 0 Å². The van der Waals surface area contributed by atoms with Gasteiger partial charge in [-0.15, -0.1) is 0 Å². The number of hydrogen-bond donors (Lipinski definition) is 0. The van der Waals surface area contributed by atoms with Gasteiger partial charge in [-0.2, -0.15) is 5.10 Å². The minimum absolute atomic E-state index is 0.0542. The van der Waals surface area contributed by atoms with Crippen LogP contribution in [-0.2, 0) is 19.4 Å². The van der Waals surface area contributed by atoms with E-state index in [1.165, 1.54) is 0 Å². The number of hydrogen-bond acceptors (Lipinski definition) is 2. The van der Waals surface area contributed by atoms with Crippen LogP contribution in [0.25, 0.3) is 0 Å². The van der Waals surface area contributed by atoms with E-state index in [1.54, 1.807) is 0 Å². The lowest BCUT2D eigenvalue weighted by molar-refractivity contribution is 0.0990. The van der Waals surface area contributed by atoms with Gasteiger partial charge in [0.1, 0.15) is 0 Å². The Hall–Kier alpha value is -1.13. The first kappa shape index (κ1) is 16.2. The number of rotatable bonds is 5. The van der Waals surface area contributed by atoms with Crippen molar-refractivity contribution in [3.05, 3.63) is 50.2 Å². The molecule has 0 bridgehead atoms. The highest BCUT2D eigenvalue weighted by Crippen LogP contribution is 2.24. The number of ketones is 1. The molecule has 21 heavy (non-hydrogen) atoms. The number of halogens is 2. The largest absolute Gasteiger partial charge is 0.294 e. The molecule has 2 rings (SSSR count). The Morgan fingerprint density at radius 2 is 2.05 bits per heavy atom. The summed E-state index contributed by atoms with van der Waals surface area (Å²) < 4.78 is 2.74. The van der Waals surface area contributed by atoms with Gasteiger partial charge >= 0.3 is 0 Å². The van der Waals surface area contributed by atoms with Crippen LogP contribution >= 0.6 is 27.5 Å². The maximum absolute atomic E-state index is 12.5. The minimum Gasteiger partial charge on any atom is -0.294 e. The second kappa shape index (κ2) is 6.75. The lowest BCUT2D eigenvalue weighted by atomic mass is 10.0. The van der Waals surface area contributed by atoms with Gasteiger partial charge in [0, 0.05) is 16.6 Å². The third kappa shape index (κ3) is 3.55. The minimum atomic E-state index is 0.0542. The van der Waals surface area contributed by atoms with Crippen LogP contribution in [0.5, 0.6) is 0 Å². The summed E-state index contributed by atoms with van der Waals surface area (Å²) in [6.07, 6.45) is 1.04. The highest BCUT2D eigenvalue weighted by molar-refractivity contribution is 9.10. The number of aryl methyl sites for hydroxylation is 3. The molecule has 2 aromatic rings. The summed E-state index contributed by atoms with van der Waals surface area (Å²) in [5.41, 5.74) is 3.40. The maximum Gasteiger partial charge on any atom is 0.168 e. The fraction of sp³-hybridized carbons (Fsp3) is 0.375. The Labute approximate surface area is 138 Å². The molecule has 0 fully saturated rings. The number of Topliss-reactive ketones (excluding diaryl/α,β-unsaturated/α-hetero) is 1. The van der Waals surface area contributed by atoms with E-state index < -0.39 is 0 Å². The van der Waals surface area contributed by atoms with Crippen molar-refractivity contribution >= 4 is 33.3 Å². The third-order valence-electron chi connectivity index (χ3n) is 3.39. The van der Waals surface area contributed by atoms with E-state index in [2.05, 4.69) is 21.0 Å². The van der Waals surface area contributed by atoms with E-state index in [0.29, 0.717) is 17.1 Å². The molecule has 1 aromatic carbocycles. The Bertz CT molecular complexity index is 659. The molecule has 0 amide bonds. The van der Waals surface area contributed by atoms with Crippen molar-refractivity contribution in [2.45, 2.75) is 40.2 Å². The van der Waals surface area contributed by atoms with Crippen LogP contribution in [0.2, 0.25) is 5.02 Å². The normalized spacial score (nSPS) is 10.9. The molecule has 1 aromatic heterocycles. The van der Waals surface area contributed by atoms with Crippen molar-refractivity contribution in [1.82, 2.24) is 9.78 Å². The maximum atomic E-state index is 12.5. The molecule has 0 saturated carbocycles. The lowest BCUT2D eigenvalue weighted by Gasteiger charge is -2.06. The molecule has 0 spiro atoms. The lowest BCUT2D eigenvalue weighted by Crippen LogP contribution is -2.10. The number of carbonyl (C=O) groups excluding carboxylic acids is 1. The molecule has 5 heteroatoms. The first-order valence-electron chi connectivity index (χ1n) is 7.00. The zero-order valence-corrected chi connectivity index (χ0v) is 14.8. The molecule has 0 aliphatic heterocycles. The first-order chi connectivity index (χ1) is 9.96. The summed E-state index contributed by atoms with van der Waals surface area (Å²) in [5, 5.41) is 5.08. The summed E-state index contributed by atoms with van der Waals surface area (Å²) in [5.74, 6) is 0.0542. The van der Waals surface area contributed by atoms with Crippen molar-refractivity contribution in [3.8, 4) is 0 Å². The van der Waals surface area contributed by atoms with E-state index in [1.807, 2.05) is 43.7 Å². The van der Waals surface area contributed by atoms with E-state index in [0.717, 1.165) is 27.8 Å². The monoisotopic (exact) mass is 368 g/mol. The van der Waals surface area contributed by atoms with Gasteiger partial charge in [-0.3, -0.25) is 9.48 Å². The quantitative estimate of drug-likeness (QED) is 0.721. The SMILES string of the molecule is CCc1nn(CC)c(CC(=O)c2cc(C)cc(Br)c2)c1Cl. The molecule has 1 heterocycles. The number of benzene rings is 1. The van der Waals surface area contributed by atoms with E-state index >= 15 is 0 Å². The smallest absolute Gasteiger partial charge is 0.168 e. The Balaban J connectivity index is 2.33. The second-order valence-electron chi connectivity index (χ2n) is 4.99. The summed E-state index contributed by atoms with van der Waals surface area (Å²) in [4.78, 5) is 12.5. The van der Waals surface area contributed by atoms with Crippen molar-refractivity contribution in [2.75, 3.05) is 0 Å². The zero-order valence-electron chi connectivity index (χ0n) is 12.4. The van der Waals surface area contributed by atoms with E-state index in [4.69, 9.17) is 11.6 Å². The summed E-state index contributed by atoms with van der Waals surface area (Å²) in [6, 6.07) is 5.72. The number of aromatic nitrogens is 2. The molecular formula is C16H18BrClN2O. The predicted octanol–water partition coefficient (Wildman–Crippen LogP) is 4.62. The highest BCUT2D eigenvalue weighted by Gasteiger charge is 2.18. The average Bonchev–Trinajstić information content (AvgIpc) is 2.74. The second-order valence-corrected chi connectivity index (χ2v) is 6.29. The van der Waals surface area contributed by atoms with Gasteiger partial charge in [0.2, 0.25) is 0 Å². The van der Waals surface area contributed by atoms with Crippen LogP contribution in [0.4, 0.5) is 0 Å². The van der Waals surface area contributed by atoms with Crippen molar-refractivity contribution < 1.29 is 4.79 Å². The molecule has 3 nitrogen and oxygen atoms in total. The van der Waals surface area contributed by atoms with Crippen LogP contribution < -0.4 is 0 Å². The Morgan fingerprint density at radius 1 is 1.33 bits per heavy atom. The topological polar surface area (TPSA) is 34.9 Å². The summed E-state index contributed by atoms with van der Waals surface area (Å²) >= 11 is 9.79. The molecule has 112 valence electrons. The summed E-state index contributed by atoms with van der Waals surface area (Å²) in [6.45, 7) is 6.69. The van der Waals surface area contributed by atoms with Crippen molar-refractivity contribution in [2.24, 2.45) is 0 Å². The molecule has 0 aliphatic rings. The average molecular weight is 370 g/mol. The highest BCUT2D eigenvalue weighted by atomic mass is 79.9. The van der Waals surface area contributed by atoms with Crippen molar-refractivity contribution in [3.63, 3.8) is 0 Å². The van der Waals surface area contributed by atoms with E-state index in [9.17, 15) is 4.79 Å². The van der Waals surface area contributed by atoms with Crippen LogP contribution in [-0.4, -0.2) is 15.6 Å². The van der Waals surface area contributed by atoms with Gasteiger partial charge in [-0.25, -0.2) is 0 Å². The van der Waals surface area contributed by atoms with Gasteiger partial charge in [-0.1, -0.05) is 34.5 Å². The first-order valence-corrected chi connectivity index (χ1v) is 8.17. The van der Waals surface area contributed by atoms with Gasteiger partial charge < -0.3 is 0 Å². The van der Waals surface area contributed by atoms with Gasteiger partial charge in [-0.05, 0) is 44.0 Å². The van der Waals surface area contributed by atoms with Crippen molar-refractivity contribution in [1.29, 1.82) is 0 Å². The fourth-order valence-electron chi connectivity index (χ4n) is 2.34. The molecule has 0 radical (unpaired) electrons.